The molecule has 2 aromatic rings. The van der Waals surface area contributed by atoms with Crippen LogP contribution in [0, 0.1) is 13.8 Å². The quantitative estimate of drug-likeness (QED) is 0.349. The predicted octanol–water partition coefficient (Wildman–Crippen LogP) is 3.61. The Morgan fingerprint density at radius 1 is 1.27 bits per heavy atom. The fraction of sp³-hybridized carbons (Fsp3) is 0.474. The van der Waals surface area contributed by atoms with Crippen LogP contribution < -0.4 is 15.4 Å². The summed E-state index contributed by atoms with van der Waals surface area (Å²) in [5.74, 6) is 3.17. The van der Waals surface area contributed by atoms with Gasteiger partial charge in [0.25, 0.3) is 0 Å². The minimum absolute atomic E-state index is 0. The van der Waals surface area contributed by atoms with Gasteiger partial charge in [-0.2, -0.15) is 0 Å². The van der Waals surface area contributed by atoms with Crippen LogP contribution in [0.4, 0.5) is 0 Å². The molecule has 0 radical (unpaired) electrons. The minimum atomic E-state index is 0. The molecule has 0 unspecified atom stereocenters. The van der Waals surface area contributed by atoms with Crippen LogP contribution in [0.5, 0.6) is 5.75 Å². The molecule has 1 aromatic carbocycles. The molecule has 0 spiro atoms. The Kier molecular flexibility index (Phi) is 10.1. The van der Waals surface area contributed by atoms with Crippen molar-refractivity contribution in [2.24, 2.45) is 4.99 Å². The van der Waals surface area contributed by atoms with Crippen LogP contribution in [-0.4, -0.2) is 31.1 Å². The van der Waals surface area contributed by atoms with Gasteiger partial charge in [-0.3, -0.25) is 4.99 Å². The summed E-state index contributed by atoms with van der Waals surface area (Å²) in [4.78, 5) is 8.57. The minimum Gasteiger partial charge on any atom is -0.494 e. The van der Waals surface area contributed by atoms with Gasteiger partial charge in [0.15, 0.2) is 5.96 Å². The number of oxazole rings is 1. The molecule has 0 atom stereocenters. The number of aryl methyl sites for hydroxylation is 2. The summed E-state index contributed by atoms with van der Waals surface area (Å²) in [5, 5.41) is 6.51. The van der Waals surface area contributed by atoms with E-state index in [4.69, 9.17) is 9.15 Å². The molecule has 0 saturated heterocycles. The van der Waals surface area contributed by atoms with Gasteiger partial charge in [0.05, 0.1) is 18.8 Å². The van der Waals surface area contributed by atoms with Crippen molar-refractivity contribution in [3.63, 3.8) is 0 Å². The summed E-state index contributed by atoms with van der Waals surface area (Å²) in [6.45, 7) is 7.99. The molecule has 2 rings (SSSR count). The number of guanidine groups is 1. The highest BCUT2D eigenvalue weighted by atomic mass is 127. The fourth-order valence-corrected chi connectivity index (χ4v) is 2.33. The first-order valence-electron chi connectivity index (χ1n) is 8.71. The lowest BCUT2D eigenvalue weighted by molar-refractivity contribution is 0.317. The first-order chi connectivity index (χ1) is 12.1. The van der Waals surface area contributed by atoms with E-state index in [0.29, 0.717) is 12.4 Å². The third-order valence-corrected chi connectivity index (χ3v) is 3.78. The zero-order chi connectivity index (χ0) is 18.1. The molecule has 1 aromatic heterocycles. The zero-order valence-electron chi connectivity index (χ0n) is 16.0. The van der Waals surface area contributed by atoms with E-state index in [0.717, 1.165) is 49.2 Å². The molecule has 0 aliphatic rings. The Bertz CT molecular complexity index is 681. The van der Waals surface area contributed by atoms with Crippen molar-refractivity contribution in [2.45, 2.75) is 40.2 Å². The number of halogens is 1. The number of nitrogens with zero attached hydrogens (tertiary/aromatic N) is 2. The highest BCUT2D eigenvalue weighted by Crippen LogP contribution is 2.13. The second-order valence-corrected chi connectivity index (χ2v) is 5.85. The van der Waals surface area contributed by atoms with Crippen LogP contribution >= 0.6 is 24.0 Å². The maximum Gasteiger partial charge on any atom is 0.214 e. The van der Waals surface area contributed by atoms with Crippen LogP contribution in [-0.2, 0) is 13.0 Å². The van der Waals surface area contributed by atoms with Crippen LogP contribution in [0.3, 0.4) is 0 Å². The van der Waals surface area contributed by atoms with Crippen LogP contribution in [0.15, 0.2) is 33.7 Å². The van der Waals surface area contributed by atoms with Gasteiger partial charge in [0.2, 0.25) is 5.89 Å². The summed E-state index contributed by atoms with van der Waals surface area (Å²) in [6, 6.07) is 8.22. The van der Waals surface area contributed by atoms with E-state index in [-0.39, 0.29) is 24.0 Å². The van der Waals surface area contributed by atoms with Gasteiger partial charge in [-0.15, -0.1) is 24.0 Å². The number of benzene rings is 1. The van der Waals surface area contributed by atoms with Crippen molar-refractivity contribution in [3.8, 4) is 5.75 Å². The van der Waals surface area contributed by atoms with Gasteiger partial charge >= 0.3 is 0 Å². The largest absolute Gasteiger partial charge is 0.494 e. The van der Waals surface area contributed by atoms with E-state index in [2.05, 4.69) is 39.7 Å². The Hall–Kier alpha value is -1.77. The number of hydrogen-bond donors (Lipinski definition) is 2. The van der Waals surface area contributed by atoms with Crippen molar-refractivity contribution in [1.82, 2.24) is 15.6 Å². The Balaban J connectivity index is 0.00000338. The monoisotopic (exact) mass is 472 g/mol. The molecule has 2 N–H and O–H groups in total. The highest BCUT2D eigenvalue weighted by molar-refractivity contribution is 14.0. The van der Waals surface area contributed by atoms with E-state index < -0.39 is 0 Å². The van der Waals surface area contributed by atoms with Gasteiger partial charge < -0.3 is 19.8 Å². The molecule has 6 nitrogen and oxygen atoms in total. The lowest BCUT2D eigenvalue weighted by atomic mass is 10.1. The highest BCUT2D eigenvalue weighted by Gasteiger charge is 2.06. The molecule has 0 bridgehead atoms. The SMILES string of the molecule is CCCOc1cccc(CCNC(=NC)NCc2nc(C)c(C)o2)c1.I. The van der Waals surface area contributed by atoms with E-state index in [1.54, 1.807) is 7.05 Å². The zero-order valence-corrected chi connectivity index (χ0v) is 18.3. The average Bonchev–Trinajstić information content (AvgIpc) is 2.94. The Labute approximate surface area is 172 Å². The van der Waals surface area contributed by atoms with Crippen molar-refractivity contribution in [1.29, 1.82) is 0 Å². The van der Waals surface area contributed by atoms with E-state index in [1.165, 1.54) is 5.56 Å². The van der Waals surface area contributed by atoms with Crippen molar-refractivity contribution < 1.29 is 9.15 Å². The summed E-state index contributed by atoms with van der Waals surface area (Å²) in [5.41, 5.74) is 2.15. The second-order valence-electron chi connectivity index (χ2n) is 5.85. The van der Waals surface area contributed by atoms with Crippen molar-refractivity contribution in [2.75, 3.05) is 20.2 Å². The predicted molar refractivity (Wildman–Crippen MR) is 116 cm³/mol. The second kappa shape index (κ2) is 11.8. The van der Waals surface area contributed by atoms with Crippen LogP contribution in [0.1, 0.15) is 36.3 Å². The molecular formula is C19H29IN4O2. The third-order valence-electron chi connectivity index (χ3n) is 3.78. The molecule has 0 saturated carbocycles. The lowest BCUT2D eigenvalue weighted by Gasteiger charge is -2.11. The molecule has 144 valence electrons. The summed E-state index contributed by atoms with van der Waals surface area (Å²) >= 11 is 0. The standard InChI is InChI=1S/C19H28N4O2.HI/c1-5-11-24-17-8-6-7-16(12-17)9-10-21-19(20-4)22-13-18-23-14(2)15(3)25-18;/h6-8,12H,5,9-11,13H2,1-4H3,(H2,20,21,22);1H. The number of nitrogens with one attached hydrogen (secondary N) is 2. The third kappa shape index (κ3) is 7.23. The molecule has 0 aliphatic heterocycles. The van der Waals surface area contributed by atoms with Gasteiger partial charge in [0.1, 0.15) is 11.5 Å². The van der Waals surface area contributed by atoms with E-state index in [1.807, 2.05) is 26.0 Å². The first kappa shape index (κ1) is 22.3. The molecule has 7 heteroatoms. The van der Waals surface area contributed by atoms with Gasteiger partial charge in [-0.25, -0.2) is 4.98 Å². The number of ether oxygens (including phenoxy) is 1. The number of rotatable bonds is 8. The Morgan fingerprint density at radius 3 is 2.73 bits per heavy atom. The average molecular weight is 472 g/mol. The fourth-order valence-electron chi connectivity index (χ4n) is 2.33. The van der Waals surface area contributed by atoms with E-state index >= 15 is 0 Å². The Morgan fingerprint density at radius 2 is 2.08 bits per heavy atom. The van der Waals surface area contributed by atoms with Gasteiger partial charge in [-0.1, -0.05) is 19.1 Å². The van der Waals surface area contributed by atoms with Crippen LogP contribution in [0.25, 0.3) is 0 Å². The number of hydrogen-bond acceptors (Lipinski definition) is 4. The summed E-state index contributed by atoms with van der Waals surface area (Å²) < 4.78 is 11.2. The number of aromatic nitrogens is 1. The maximum atomic E-state index is 5.67. The van der Waals surface area contributed by atoms with Gasteiger partial charge in [-0.05, 0) is 44.4 Å². The normalized spacial score (nSPS) is 11.0. The molecule has 0 fully saturated rings. The molecule has 1 heterocycles. The van der Waals surface area contributed by atoms with Gasteiger partial charge in [0, 0.05) is 13.6 Å². The van der Waals surface area contributed by atoms with Crippen molar-refractivity contribution >= 4 is 29.9 Å². The van der Waals surface area contributed by atoms with Crippen molar-refractivity contribution in [3.05, 3.63) is 47.2 Å². The smallest absolute Gasteiger partial charge is 0.214 e. The first-order valence-corrected chi connectivity index (χ1v) is 8.71. The maximum absolute atomic E-state index is 5.67. The molecule has 0 amide bonds. The number of aliphatic imine (C=N–C) groups is 1. The molecular weight excluding hydrogens is 443 g/mol. The van der Waals surface area contributed by atoms with Crippen LogP contribution in [0.2, 0.25) is 0 Å². The molecule has 0 aliphatic carbocycles. The lowest BCUT2D eigenvalue weighted by Crippen LogP contribution is -2.37. The summed E-state index contributed by atoms with van der Waals surface area (Å²) in [7, 11) is 1.75. The topological polar surface area (TPSA) is 71.7 Å². The van der Waals surface area contributed by atoms with E-state index in [9.17, 15) is 0 Å². The summed E-state index contributed by atoms with van der Waals surface area (Å²) in [6.07, 6.45) is 1.90. The molecule has 26 heavy (non-hydrogen) atoms.